The van der Waals surface area contributed by atoms with Gasteiger partial charge in [0.2, 0.25) is 4.77 Å². The third-order valence-corrected chi connectivity index (χ3v) is 5.39. The predicted octanol–water partition coefficient (Wildman–Crippen LogP) is 0.315. The summed E-state index contributed by atoms with van der Waals surface area (Å²) < 4.78 is 29.4. The number of rotatable bonds is 6. The summed E-state index contributed by atoms with van der Waals surface area (Å²) in [7, 11) is -2.56. The van der Waals surface area contributed by atoms with E-state index < -0.39 is 21.8 Å². The van der Waals surface area contributed by atoms with E-state index in [-0.39, 0.29) is 9.67 Å². The minimum Gasteiger partial charge on any atom is -0.351 e. The molecule has 0 saturated heterocycles. The predicted molar refractivity (Wildman–Crippen MR) is 110 cm³/mol. The Morgan fingerprint density at radius 1 is 1.07 bits per heavy atom. The second-order valence-corrected chi connectivity index (χ2v) is 7.80. The number of aromatic amines is 1. The van der Waals surface area contributed by atoms with Gasteiger partial charge in [0, 0.05) is 12.7 Å². The SMILES string of the molecule is CNC(=O)C(=O)NNc1ccc(NS(=O)(=O)c2cccc(-n3[nH]nnc3=S)c2)cc1. The van der Waals surface area contributed by atoms with Crippen molar-refractivity contribution in [3.8, 4) is 5.69 Å². The van der Waals surface area contributed by atoms with Crippen molar-refractivity contribution in [2.75, 3.05) is 17.2 Å². The Morgan fingerprint density at radius 2 is 1.77 bits per heavy atom. The third-order valence-electron chi connectivity index (χ3n) is 3.75. The summed E-state index contributed by atoms with van der Waals surface area (Å²) in [6.45, 7) is 0. The van der Waals surface area contributed by atoms with Crippen LogP contribution in [-0.4, -0.2) is 47.5 Å². The average Bonchev–Trinajstić information content (AvgIpc) is 3.18. The molecule has 0 aliphatic rings. The summed E-state index contributed by atoms with van der Waals surface area (Å²) in [6.07, 6.45) is 0. The standard InChI is InChI=1S/C16H16N8O4S2/c1-17-14(25)15(26)19-18-10-5-7-11(8-6-10)21-30(27,28)13-4-2-3-12(9-13)24-16(29)20-22-23-24/h2-9,18,21H,1H3,(H,17,25)(H,19,26)(H,20,23,29). The van der Waals surface area contributed by atoms with Crippen molar-refractivity contribution in [2.24, 2.45) is 0 Å². The smallest absolute Gasteiger partial charge is 0.327 e. The topological polar surface area (TPSA) is 163 Å². The van der Waals surface area contributed by atoms with E-state index in [2.05, 4.69) is 36.4 Å². The van der Waals surface area contributed by atoms with Crippen LogP contribution in [0.1, 0.15) is 0 Å². The number of nitrogens with one attached hydrogen (secondary N) is 5. The molecule has 0 saturated carbocycles. The highest BCUT2D eigenvalue weighted by Gasteiger charge is 2.16. The van der Waals surface area contributed by atoms with Crippen LogP contribution in [-0.2, 0) is 19.6 Å². The number of likely N-dealkylation sites (N-methyl/N-ethyl adjacent to an activating group) is 1. The highest BCUT2D eigenvalue weighted by Crippen LogP contribution is 2.20. The number of aromatic nitrogens is 4. The molecule has 3 aromatic rings. The molecule has 0 aliphatic carbocycles. The molecular weight excluding hydrogens is 432 g/mol. The van der Waals surface area contributed by atoms with Crippen molar-refractivity contribution in [1.29, 1.82) is 0 Å². The molecule has 0 aliphatic heterocycles. The van der Waals surface area contributed by atoms with Gasteiger partial charge in [0.25, 0.3) is 10.0 Å². The van der Waals surface area contributed by atoms with E-state index >= 15 is 0 Å². The first-order valence-electron chi connectivity index (χ1n) is 8.31. The van der Waals surface area contributed by atoms with E-state index in [4.69, 9.17) is 12.2 Å². The molecule has 0 unspecified atom stereocenters. The van der Waals surface area contributed by atoms with E-state index in [1.807, 2.05) is 0 Å². The minimum atomic E-state index is -3.89. The molecular formula is C16H16N8O4S2. The second-order valence-electron chi connectivity index (χ2n) is 5.76. The number of benzene rings is 2. The fraction of sp³-hybridized carbons (Fsp3) is 0.0625. The quantitative estimate of drug-likeness (QED) is 0.204. The summed E-state index contributed by atoms with van der Waals surface area (Å²) in [6, 6.07) is 12.1. The molecule has 0 atom stereocenters. The summed E-state index contributed by atoms with van der Waals surface area (Å²) in [4.78, 5) is 22.5. The van der Waals surface area contributed by atoms with Gasteiger partial charge in [-0.2, -0.15) is 5.21 Å². The maximum Gasteiger partial charge on any atom is 0.327 e. The van der Waals surface area contributed by atoms with Gasteiger partial charge in [-0.3, -0.25) is 25.2 Å². The van der Waals surface area contributed by atoms with Gasteiger partial charge < -0.3 is 5.32 Å². The van der Waals surface area contributed by atoms with Crippen LogP contribution in [0.25, 0.3) is 5.69 Å². The Morgan fingerprint density at radius 3 is 2.40 bits per heavy atom. The number of amides is 2. The van der Waals surface area contributed by atoms with Crippen LogP contribution in [0.5, 0.6) is 0 Å². The molecule has 2 amide bonds. The summed E-state index contributed by atoms with van der Waals surface area (Å²) in [5, 5.41) is 12.0. The molecule has 30 heavy (non-hydrogen) atoms. The maximum atomic E-state index is 12.7. The molecule has 14 heteroatoms. The second kappa shape index (κ2) is 8.71. The Hall–Kier alpha value is -3.78. The first-order valence-corrected chi connectivity index (χ1v) is 10.2. The van der Waals surface area contributed by atoms with E-state index in [1.165, 1.54) is 48.1 Å². The zero-order valence-electron chi connectivity index (χ0n) is 15.4. The van der Waals surface area contributed by atoms with Gasteiger partial charge >= 0.3 is 11.8 Å². The van der Waals surface area contributed by atoms with E-state index in [0.717, 1.165) is 0 Å². The number of H-pyrrole nitrogens is 1. The van der Waals surface area contributed by atoms with Gasteiger partial charge in [0.05, 0.1) is 16.3 Å². The van der Waals surface area contributed by atoms with Gasteiger partial charge in [0.1, 0.15) is 0 Å². The van der Waals surface area contributed by atoms with Crippen LogP contribution < -0.4 is 20.9 Å². The molecule has 156 valence electrons. The number of nitrogens with zero attached hydrogens (tertiary/aromatic N) is 3. The Bertz CT molecular complexity index is 1230. The average molecular weight is 448 g/mol. The first kappa shape index (κ1) is 20.9. The minimum absolute atomic E-state index is 0.0107. The van der Waals surface area contributed by atoms with Gasteiger partial charge in [0.15, 0.2) is 0 Å². The van der Waals surface area contributed by atoms with Gasteiger partial charge in [-0.25, -0.2) is 13.1 Å². The number of sulfonamides is 1. The molecule has 3 rings (SSSR count). The van der Waals surface area contributed by atoms with Crippen LogP contribution in [0.2, 0.25) is 0 Å². The van der Waals surface area contributed by atoms with Crippen molar-refractivity contribution in [3.05, 3.63) is 53.3 Å². The highest BCUT2D eigenvalue weighted by atomic mass is 32.2. The molecule has 1 heterocycles. The molecule has 0 spiro atoms. The monoisotopic (exact) mass is 448 g/mol. The Labute approximate surface area is 175 Å². The first-order chi connectivity index (χ1) is 14.3. The van der Waals surface area contributed by atoms with Crippen molar-refractivity contribution in [3.63, 3.8) is 0 Å². The zero-order chi connectivity index (χ0) is 21.7. The lowest BCUT2D eigenvalue weighted by Crippen LogP contribution is -2.40. The molecule has 0 fully saturated rings. The fourth-order valence-electron chi connectivity index (χ4n) is 2.29. The summed E-state index contributed by atoms with van der Waals surface area (Å²) in [5.74, 6) is -1.67. The van der Waals surface area contributed by atoms with Crippen molar-refractivity contribution in [1.82, 2.24) is 30.9 Å². The van der Waals surface area contributed by atoms with Crippen LogP contribution in [0.4, 0.5) is 11.4 Å². The molecule has 2 aromatic carbocycles. The number of tetrazole rings is 1. The van der Waals surface area contributed by atoms with Gasteiger partial charge in [-0.15, -0.1) is 0 Å². The number of hydrazine groups is 1. The van der Waals surface area contributed by atoms with Crippen molar-refractivity contribution < 1.29 is 18.0 Å². The normalized spacial score (nSPS) is 10.8. The molecule has 0 bridgehead atoms. The van der Waals surface area contributed by atoms with Gasteiger partial charge in [-0.05, 0) is 54.7 Å². The highest BCUT2D eigenvalue weighted by molar-refractivity contribution is 7.92. The Kier molecular flexibility index (Phi) is 6.08. The fourth-order valence-corrected chi connectivity index (χ4v) is 3.58. The number of hydrogen-bond acceptors (Lipinski definition) is 8. The van der Waals surface area contributed by atoms with Gasteiger partial charge in [-0.1, -0.05) is 16.4 Å². The molecule has 5 N–H and O–H groups in total. The van der Waals surface area contributed by atoms with Crippen LogP contribution in [0.15, 0.2) is 53.4 Å². The van der Waals surface area contributed by atoms with Crippen LogP contribution >= 0.6 is 12.2 Å². The lowest BCUT2D eigenvalue weighted by atomic mass is 10.3. The largest absolute Gasteiger partial charge is 0.351 e. The lowest BCUT2D eigenvalue weighted by Gasteiger charge is -2.11. The lowest BCUT2D eigenvalue weighted by molar-refractivity contribution is -0.138. The summed E-state index contributed by atoms with van der Waals surface area (Å²) in [5.41, 5.74) is 5.94. The van der Waals surface area contributed by atoms with Crippen LogP contribution in [0.3, 0.4) is 0 Å². The number of anilines is 2. The third kappa shape index (κ3) is 4.79. The molecule has 12 nitrogen and oxygen atoms in total. The number of hydrogen-bond donors (Lipinski definition) is 5. The van der Waals surface area contributed by atoms with E-state index in [9.17, 15) is 18.0 Å². The Balaban J connectivity index is 1.71. The van der Waals surface area contributed by atoms with E-state index in [0.29, 0.717) is 17.1 Å². The van der Waals surface area contributed by atoms with E-state index in [1.54, 1.807) is 12.1 Å². The van der Waals surface area contributed by atoms with Crippen molar-refractivity contribution in [2.45, 2.75) is 4.90 Å². The van der Waals surface area contributed by atoms with Crippen molar-refractivity contribution >= 4 is 45.4 Å². The summed E-state index contributed by atoms with van der Waals surface area (Å²) >= 11 is 5.02. The zero-order valence-corrected chi connectivity index (χ0v) is 17.0. The van der Waals surface area contributed by atoms with Crippen LogP contribution in [0, 0.1) is 4.77 Å². The maximum absolute atomic E-state index is 12.7. The molecule has 1 aromatic heterocycles. The number of carbonyl (C=O) groups is 2. The molecule has 0 radical (unpaired) electrons. The number of carbonyl (C=O) groups excluding carboxylic acids is 2.